The number of rotatable bonds is 3. The standard InChI is InChI=1S/C18H12F3NO2S2/c1-24-14-8-6-13(7-9-14)22-16(23)15(26-17(22)25)10-11-2-4-12(5-3-11)18(19,20)21/h2-10H,1H3/b15-10-. The van der Waals surface area contributed by atoms with Crippen LogP contribution >= 0.6 is 24.0 Å². The van der Waals surface area contributed by atoms with Gasteiger partial charge in [-0.15, -0.1) is 0 Å². The van der Waals surface area contributed by atoms with Gasteiger partial charge < -0.3 is 4.74 Å². The van der Waals surface area contributed by atoms with Crippen LogP contribution in [0, 0.1) is 0 Å². The zero-order valence-electron chi connectivity index (χ0n) is 13.4. The van der Waals surface area contributed by atoms with Gasteiger partial charge in [0.2, 0.25) is 0 Å². The van der Waals surface area contributed by atoms with Crippen LogP contribution in [0.25, 0.3) is 6.08 Å². The second-order valence-electron chi connectivity index (χ2n) is 5.33. The molecule has 26 heavy (non-hydrogen) atoms. The highest BCUT2D eigenvalue weighted by molar-refractivity contribution is 8.27. The zero-order valence-corrected chi connectivity index (χ0v) is 15.0. The smallest absolute Gasteiger partial charge is 0.416 e. The summed E-state index contributed by atoms with van der Waals surface area (Å²) < 4.78 is 43.3. The number of anilines is 1. The first-order valence-electron chi connectivity index (χ1n) is 7.39. The van der Waals surface area contributed by atoms with Crippen LogP contribution in [0.3, 0.4) is 0 Å². The van der Waals surface area contributed by atoms with Crippen LogP contribution in [0.1, 0.15) is 11.1 Å². The SMILES string of the molecule is COc1ccc(N2C(=O)/C(=C/c3ccc(C(F)(F)F)cc3)SC2=S)cc1. The molecule has 2 aromatic carbocycles. The maximum atomic E-state index is 12.6. The van der Waals surface area contributed by atoms with E-state index < -0.39 is 11.7 Å². The quantitative estimate of drug-likeness (QED) is 0.533. The Balaban J connectivity index is 1.84. The van der Waals surface area contributed by atoms with Crippen LogP contribution < -0.4 is 9.64 Å². The van der Waals surface area contributed by atoms with Crippen molar-refractivity contribution in [3.05, 3.63) is 64.6 Å². The van der Waals surface area contributed by atoms with Gasteiger partial charge in [0, 0.05) is 0 Å². The Morgan fingerprint density at radius 1 is 1.08 bits per heavy atom. The Hall–Kier alpha value is -2.32. The third-order valence-corrected chi connectivity index (χ3v) is 4.96. The van der Waals surface area contributed by atoms with Crippen LogP contribution in [-0.2, 0) is 11.0 Å². The van der Waals surface area contributed by atoms with E-state index in [0.29, 0.717) is 26.2 Å². The summed E-state index contributed by atoms with van der Waals surface area (Å²) in [5.41, 5.74) is 0.359. The fourth-order valence-electron chi connectivity index (χ4n) is 2.34. The van der Waals surface area contributed by atoms with Crippen LogP contribution in [-0.4, -0.2) is 17.3 Å². The predicted molar refractivity (Wildman–Crippen MR) is 100 cm³/mol. The lowest BCUT2D eigenvalue weighted by molar-refractivity contribution is -0.137. The van der Waals surface area contributed by atoms with Gasteiger partial charge in [0.15, 0.2) is 4.32 Å². The van der Waals surface area contributed by atoms with Crippen molar-refractivity contribution in [2.24, 2.45) is 0 Å². The largest absolute Gasteiger partial charge is 0.497 e. The average molecular weight is 395 g/mol. The van der Waals surface area contributed by atoms with E-state index in [0.717, 1.165) is 23.9 Å². The van der Waals surface area contributed by atoms with Gasteiger partial charge in [-0.05, 0) is 48.0 Å². The zero-order chi connectivity index (χ0) is 18.9. The van der Waals surface area contributed by atoms with Crippen molar-refractivity contribution in [3.63, 3.8) is 0 Å². The molecule has 3 rings (SSSR count). The summed E-state index contributed by atoms with van der Waals surface area (Å²) in [6, 6.07) is 11.5. The van der Waals surface area contributed by atoms with Crippen molar-refractivity contribution in [2.45, 2.75) is 6.18 Å². The lowest BCUT2D eigenvalue weighted by atomic mass is 10.1. The molecule has 134 valence electrons. The van der Waals surface area contributed by atoms with Gasteiger partial charge in [0.25, 0.3) is 5.91 Å². The molecule has 0 N–H and O–H groups in total. The van der Waals surface area contributed by atoms with Gasteiger partial charge in [-0.25, -0.2) is 0 Å². The summed E-state index contributed by atoms with van der Waals surface area (Å²) in [7, 11) is 1.54. The molecule has 1 heterocycles. The molecular weight excluding hydrogens is 383 g/mol. The normalized spacial score (nSPS) is 16.5. The maximum absolute atomic E-state index is 12.6. The first kappa shape index (κ1) is 18.5. The molecule has 0 aromatic heterocycles. The van der Waals surface area contributed by atoms with E-state index in [-0.39, 0.29) is 5.91 Å². The van der Waals surface area contributed by atoms with Crippen LogP contribution in [0.2, 0.25) is 0 Å². The first-order chi connectivity index (χ1) is 12.3. The van der Waals surface area contributed by atoms with E-state index in [4.69, 9.17) is 17.0 Å². The van der Waals surface area contributed by atoms with Crippen LogP contribution in [0.4, 0.5) is 18.9 Å². The molecule has 0 unspecified atom stereocenters. The Labute approximate surface area is 157 Å². The number of carbonyl (C=O) groups is 1. The molecule has 0 bridgehead atoms. The number of thioether (sulfide) groups is 1. The summed E-state index contributed by atoms with van der Waals surface area (Å²) >= 11 is 6.38. The summed E-state index contributed by atoms with van der Waals surface area (Å²) in [6.45, 7) is 0. The number of ether oxygens (including phenoxy) is 1. The van der Waals surface area contributed by atoms with Gasteiger partial charge in [0.1, 0.15) is 5.75 Å². The fraction of sp³-hybridized carbons (Fsp3) is 0.111. The number of amides is 1. The van der Waals surface area contributed by atoms with Crippen LogP contribution in [0.5, 0.6) is 5.75 Å². The van der Waals surface area contributed by atoms with Crippen molar-refractivity contribution in [1.29, 1.82) is 0 Å². The molecule has 0 atom stereocenters. The number of hydrogen-bond acceptors (Lipinski definition) is 4. The van der Waals surface area contributed by atoms with E-state index >= 15 is 0 Å². The number of benzene rings is 2. The predicted octanol–water partition coefficient (Wildman–Crippen LogP) is 5.12. The van der Waals surface area contributed by atoms with Crippen molar-refractivity contribution in [1.82, 2.24) is 0 Å². The topological polar surface area (TPSA) is 29.5 Å². The highest BCUT2D eigenvalue weighted by atomic mass is 32.2. The van der Waals surface area contributed by atoms with Crippen molar-refractivity contribution < 1.29 is 22.7 Å². The highest BCUT2D eigenvalue weighted by Crippen LogP contribution is 2.37. The third kappa shape index (κ3) is 3.76. The molecule has 0 aliphatic carbocycles. The monoisotopic (exact) mass is 395 g/mol. The Kier molecular flexibility index (Phi) is 5.06. The summed E-state index contributed by atoms with van der Waals surface area (Å²) in [5.74, 6) is 0.338. The summed E-state index contributed by atoms with van der Waals surface area (Å²) in [6.07, 6.45) is -2.86. The first-order valence-corrected chi connectivity index (χ1v) is 8.61. The molecule has 1 amide bonds. The van der Waals surface area contributed by atoms with Crippen molar-refractivity contribution in [2.75, 3.05) is 12.0 Å². The molecular formula is C18H12F3NO2S2. The average Bonchev–Trinajstić information content (AvgIpc) is 2.88. The number of carbonyl (C=O) groups excluding carboxylic acids is 1. The number of alkyl halides is 3. The lowest BCUT2D eigenvalue weighted by Gasteiger charge is -2.14. The molecule has 1 fully saturated rings. The number of hydrogen-bond donors (Lipinski definition) is 0. The Morgan fingerprint density at radius 2 is 1.69 bits per heavy atom. The lowest BCUT2D eigenvalue weighted by Crippen LogP contribution is -2.27. The molecule has 0 saturated carbocycles. The van der Waals surface area contributed by atoms with Gasteiger partial charge in [-0.1, -0.05) is 36.1 Å². The number of nitrogens with zero attached hydrogens (tertiary/aromatic N) is 1. The van der Waals surface area contributed by atoms with Gasteiger partial charge in [-0.3, -0.25) is 9.69 Å². The van der Waals surface area contributed by atoms with Gasteiger partial charge in [0.05, 0.1) is 23.3 Å². The van der Waals surface area contributed by atoms with Crippen LogP contribution in [0.15, 0.2) is 53.4 Å². The minimum absolute atomic E-state index is 0.315. The van der Waals surface area contributed by atoms with E-state index in [2.05, 4.69) is 0 Å². The number of thiocarbonyl (C=S) groups is 1. The highest BCUT2D eigenvalue weighted by Gasteiger charge is 2.33. The van der Waals surface area contributed by atoms with Crippen molar-refractivity contribution >= 4 is 46.0 Å². The minimum Gasteiger partial charge on any atom is -0.497 e. The summed E-state index contributed by atoms with van der Waals surface area (Å²) in [5, 5.41) is 0. The number of halogens is 3. The molecule has 8 heteroatoms. The van der Waals surface area contributed by atoms with Gasteiger partial charge >= 0.3 is 6.18 Å². The van der Waals surface area contributed by atoms with Gasteiger partial charge in [-0.2, -0.15) is 13.2 Å². The molecule has 0 radical (unpaired) electrons. The van der Waals surface area contributed by atoms with E-state index in [1.54, 1.807) is 31.4 Å². The second kappa shape index (κ2) is 7.13. The molecule has 0 spiro atoms. The molecule has 2 aromatic rings. The Bertz CT molecular complexity index is 875. The number of methoxy groups -OCH3 is 1. The summed E-state index contributed by atoms with van der Waals surface area (Å²) in [4.78, 5) is 14.4. The van der Waals surface area contributed by atoms with E-state index in [9.17, 15) is 18.0 Å². The van der Waals surface area contributed by atoms with Crippen molar-refractivity contribution in [3.8, 4) is 5.75 Å². The van der Waals surface area contributed by atoms with E-state index in [1.165, 1.54) is 23.1 Å². The molecule has 1 aliphatic heterocycles. The maximum Gasteiger partial charge on any atom is 0.416 e. The molecule has 1 aliphatic rings. The third-order valence-electron chi connectivity index (χ3n) is 3.66. The fourth-order valence-corrected chi connectivity index (χ4v) is 3.64. The second-order valence-corrected chi connectivity index (χ2v) is 7.01. The van der Waals surface area contributed by atoms with E-state index in [1.807, 2.05) is 0 Å². The minimum atomic E-state index is -4.39. The Morgan fingerprint density at radius 3 is 2.23 bits per heavy atom. The molecule has 1 saturated heterocycles. The molecule has 3 nitrogen and oxygen atoms in total.